The van der Waals surface area contributed by atoms with E-state index in [1.807, 2.05) is 0 Å². The molecule has 0 bridgehead atoms. The summed E-state index contributed by atoms with van der Waals surface area (Å²) in [7, 11) is 0. The Bertz CT molecular complexity index is 3040. The fraction of sp³-hybridized carbons (Fsp3) is 0.0370. The van der Waals surface area contributed by atoms with Gasteiger partial charge in [0.2, 0.25) is 0 Å². The molecular weight excluding hydrogens is 679 g/mol. The second-order valence-electron chi connectivity index (χ2n) is 15.1. The van der Waals surface area contributed by atoms with Gasteiger partial charge in [-0.1, -0.05) is 152 Å². The molecule has 9 aromatic carbocycles. The molecule has 10 aromatic rings. The third-order valence-corrected chi connectivity index (χ3v) is 12.0. The maximum absolute atomic E-state index is 6.66. The second kappa shape index (κ2) is 12.7. The fourth-order valence-electron chi connectivity index (χ4n) is 9.03. The van der Waals surface area contributed by atoms with E-state index in [0.717, 1.165) is 39.0 Å². The van der Waals surface area contributed by atoms with Crippen LogP contribution in [0.3, 0.4) is 0 Å². The Hall–Kier alpha value is -7.16. The molecule has 0 amide bonds. The summed E-state index contributed by atoms with van der Waals surface area (Å²) in [5.41, 5.74) is 16.0. The monoisotopic (exact) mass is 715 g/mol. The quantitative estimate of drug-likeness (QED) is 0.170. The van der Waals surface area contributed by atoms with Gasteiger partial charge in [0.25, 0.3) is 0 Å². The molecule has 0 fully saturated rings. The van der Waals surface area contributed by atoms with Gasteiger partial charge in [-0.3, -0.25) is 0 Å². The van der Waals surface area contributed by atoms with Crippen molar-refractivity contribution in [2.75, 3.05) is 4.90 Å². The van der Waals surface area contributed by atoms with Gasteiger partial charge >= 0.3 is 0 Å². The zero-order valence-electron chi connectivity index (χ0n) is 31.0. The molecule has 0 atom stereocenters. The summed E-state index contributed by atoms with van der Waals surface area (Å²) < 4.78 is 6.66. The van der Waals surface area contributed by atoms with E-state index in [1.54, 1.807) is 0 Å². The lowest BCUT2D eigenvalue weighted by Crippen LogP contribution is -2.22. The first-order chi connectivity index (χ1) is 27.6. The van der Waals surface area contributed by atoms with Gasteiger partial charge in [-0.15, -0.1) is 0 Å². The lowest BCUT2D eigenvalue weighted by atomic mass is 9.74. The predicted molar refractivity (Wildman–Crippen MR) is 234 cm³/mol. The molecule has 0 spiro atoms. The van der Waals surface area contributed by atoms with Gasteiger partial charge in [0.15, 0.2) is 0 Å². The molecule has 264 valence electrons. The third kappa shape index (κ3) is 5.11. The molecule has 0 radical (unpaired) electrons. The Kier molecular flexibility index (Phi) is 7.33. The third-order valence-electron chi connectivity index (χ3n) is 12.0. The molecule has 0 unspecified atom stereocenters. The van der Waals surface area contributed by atoms with Crippen LogP contribution in [0.2, 0.25) is 0 Å². The van der Waals surface area contributed by atoms with Crippen molar-refractivity contribution in [1.82, 2.24) is 0 Å². The second-order valence-corrected chi connectivity index (χ2v) is 15.1. The van der Waals surface area contributed by atoms with Crippen LogP contribution in [0.4, 0.5) is 17.1 Å². The van der Waals surface area contributed by atoms with Crippen LogP contribution in [0.15, 0.2) is 211 Å². The highest BCUT2D eigenvalue weighted by atomic mass is 16.3. The van der Waals surface area contributed by atoms with E-state index >= 15 is 0 Å². The Morgan fingerprint density at radius 3 is 1.62 bits per heavy atom. The molecule has 11 rings (SSSR count). The smallest absolute Gasteiger partial charge is 0.135 e. The maximum Gasteiger partial charge on any atom is 0.135 e. The highest BCUT2D eigenvalue weighted by molar-refractivity contribution is 6.07. The molecule has 1 aromatic heterocycles. The average Bonchev–Trinajstić information content (AvgIpc) is 3.77. The number of hydrogen-bond donors (Lipinski definition) is 0. The number of nitrogens with zero attached hydrogens (tertiary/aromatic N) is 1. The maximum atomic E-state index is 6.66. The van der Waals surface area contributed by atoms with Gasteiger partial charge in [0.05, 0.1) is 0 Å². The first-order valence-electron chi connectivity index (χ1n) is 19.3. The summed E-state index contributed by atoms with van der Waals surface area (Å²) in [6.45, 7) is 2.35. The van der Waals surface area contributed by atoms with E-state index in [2.05, 4.69) is 218 Å². The van der Waals surface area contributed by atoms with E-state index in [0.29, 0.717) is 0 Å². The van der Waals surface area contributed by atoms with Gasteiger partial charge in [0, 0.05) is 33.2 Å². The van der Waals surface area contributed by atoms with Crippen molar-refractivity contribution in [2.45, 2.75) is 12.3 Å². The normalized spacial score (nSPS) is 12.9. The molecule has 2 nitrogen and oxygen atoms in total. The average molecular weight is 716 g/mol. The fourth-order valence-corrected chi connectivity index (χ4v) is 9.03. The summed E-state index contributed by atoms with van der Waals surface area (Å²) >= 11 is 0. The highest BCUT2D eigenvalue weighted by Crippen LogP contribution is 2.53. The summed E-state index contributed by atoms with van der Waals surface area (Å²) in [5, 5.41) is 4.70. The number of fused-ring (bicyclic) bond motifs is 7. The Labute approximate surface area is 326 Å². The van der Waals surface area contributed by atoms with Crippen LogP contribution in [0.5, 0.6) is 0 Å². The Balaban J connectivity index is 1.01. The van der Waals surface area contributed by atoms with Crippen molar-refractivity contribution in [3.8, 4) is 33.4 Å². The predicted octanol–water partition coefficient (Wildman–Crippen LogP) is 14.9. The minimum atomic E-state index is -0.284. The lowest BCUT2D eigenvalue weighted by molar-refractivity contribution is 0.662. The minimum absolute atomic E-state index is 0.284. The van der Waals surface area contributed by atoms with Crippen LogP contribution in [0.1, 0.15) is 23.6 Å². The van der Waals surface area contributed by atoms with Crippen molar-refractivity contribution in [3.05, 3.63) is 223 Å². The van der Waals surface area contributed by atoms with Gasteiger partial charge in [-0.25, -0.2) is 0 Å². The van der Waals surface area contributed by atoms with E-state index < -0.39 is 0 Å². The molecule has 0 saturated heterocycles. The van der Waals surface area contributed by atoms with Crippen molar-refractivity contribution >= 4 is 49.8 Å². The van der Waals surface area contributed by atoms with Crippen LogP contribution < -0.4 is 4.90 Å². The standard InChI is InChI=1S/C54H37NO/c1-54(50-17-9-7-15-46(50)47-16-8-10-18-51(47)54)42-25-31-48-49-35-45(30-32-52(49)56-53(48)34-42)55(43-26-21-38(22-27-43)36-11-3-2-4-12-36)44-28-23-39(24-29-44)41-20-19-37-13-5-6-14-40(37)33-41/h2-35H,1H3. The van der Waals surface area contributed by atoms with Crippen molar-refractivity contribution in [1.29, 1.82) is 0 Å². The van der Waals surface area contributed by atoms with Gasteiger partial charge < -0.3 is 9.32 Å². The topological polar surface area (TPSA) is 16.4 Å². The molecule has 1 heterocycles. The summed E-state index contributed by atoms with van der Waals surface area (Å²) in [5.74, 6) is 0. The van der Waals surface area contributed by atoms with E-state index in [9.17, 15) is 0 Å². The highest BCUT2D eigenvalue weighted by Gasteiger charge is 2.40. The molecule has 1 aliphatic carbocycles. The molecule has 0 N–H and O–H groups in total. The Morgan fingerprint density at radius 1 is 0.375 bits per heavy atom. The molecule has 0 aliphatic heterocycles. The van der Waals surface area contributed by atoms with Crippen LogP contribution in [0.25, 0.3) is 66.1 Å². The van der Waals surface area contributed by atoms with E-state index in [4.69, 9.17) is 4.42 Å². The largest absolute Gasteiger partial charge is 0.456 e. The van der Waals surface area contributed by atoms with Crippen molar-refractivity contribution in [3.63, 3.8) is 0 Å². The zero-order chi connectivity index (χ0) is 37.2. The molecule has 0 saturated carbocycles. The summed E-state index contributed by atoms with van der Waals surface area (Å²) in [4.78, 5) is 2.35. The first kappa shape index (κ1) is 32.3. The first-order valence-corrected chi connectivity index (χ1v) is 19.3. The minimum Gasteiger partial charge on any atom is -0.456 e. The van der Waals surface area contributed by atoms with Crippen LogP contribution in [0, 0.1) is 0 Å². The molecule has 56 heavy (non-hydrogen) atoms. The zero-order valence-corrected chi connectivity index (χ0v) is 31.0. The van der Waals surface area contributed by atoms with Crippen LogP contribution in [-0.4, -0.2) is 0 Å². The van der Waals surface area contributed by atoms with Crippen molar-refractivity contribution < 1.29 is 4.42 Å². The van der Waals surface area contributed by atoms with E-state index in [-0.39, 0.29) is 5.41 Å². The number of hydrogen-bond acceptors (Lipinski definition) is 2. The van der Waals surface area contributed by atoms with Crippen LogP contribution in [-0.2, 0) is 5.41 Å². The number of anilines is 3. The lowest BCUT2D eigenvalue weighted by Gasteiger charge is -2.28. The number of benzene rings is 9. The molecular formula is C54H37NO. The molecule has 2 heteroatoms. The van der Waals surface area contributed by atoms with E-state index in [1.165, 1.54) is 60.8 Å². The summed E-state index contributed by atoms with van der Waals surface area (Å²) in [6.07, 6.45) is 0. The molecule has 1 aliphatic rings. The summed E-state index contributed by atoms with van der Waals surface area (Å²) in [6, 6.07) is 74.7. The van der Waals surface area contributed by atoms with Gasteiger partial charge in [-0.05, 0) is 122 Å². The van der Waals surface area contributed by atoms with Crippen LogP contribution >= 0.6 is 0 Å². The Morgan fingerprint density at radius 2 is 0.929 bits per heavy atom. The SMILES string of the molecule is CC1(c2ccc3c(c2)oc2ccc(N(c4ccc(-c5ccccc5)cc4)c4ccc(-c5ccc6ccccc6c5)cc4)cc23)c2ccccc2-c2ccccc21. The number of rotatable bonds is 6. The van der Waals surface area contributed by atoms with Crippen molar-refractivity contribution in [2.24, 2.45) is 0 Å². The number of furan rings is 1. The van der Waals surface area contributed by atoms with Gasteiger partial charge in [0.1, 0.15) is 11.2 Å². The van der Waals surface area contributed by atoms with Gasteiger partial charge in [-0.2, -0.15) is 0 Å².